The molecule has 0 aromatic heterocycles. The predicted molar refractivity (Wildman–Crippen MR) is 131 cm³/mol. The second-order valence-corrected chi connectivity index (χ2v) is 9.43. The van der Waals surface area contributed by atoms with Gasteiger partial charge >= 0.3 is 0 Å². The van der Waals surface area contributed by atoms with E-state index in [4.69, 9.17) is 30.3 Å². The van der Waals surface area contributed by atoms with Crippen molar-refractivity contribution in [1.29, 1.82) is 0 Å². The van der Waals surface area contributed by atoms with Crippen LogP contribution in [0, 0.1) is 5.92 Å². The third-order valence-electron chi connectivity index (χ3n) is 6.52. The predicted octanol–water partition coefficient (Wildman–Crippen LogP) is 3.51. The van der Waals surface area contributed by atoms with Gasteiger partial charge in [0, 0.05) is 6.61 Å². The first kappa shape index (κ1) is 32.4. The molecule has 0 aromatic carbocycles. The molecule has 0 unspecified atom stereocenters. The van der Waals surface area contributed by atoms with E-state index in [2.05, 4.69) is 13.8 Å². The lowest BCUT2D eigenvalue weighted by atomic mass is 9.86. The minimum absolute atomic E-state index is 0.0258. The molecule has 1 saturated heterocycles. The standard InChI is InChI=1S/C20H40O.C6H12O6/c1-3-5-7-9-11-13-17-20-19(16-14-18-21-20)15-12-10-8-6-4-2;7-1-3(9)5(11)6(12)4(10)2-8/h19-20H,3-18H2,1-2H3;1,3-6,8-12H,2H2/t19-,20+;3-,4+,5+,6+/m00/s1. The molecule has 0 aliphatic carbocycles. The summed E-state index contributed by atoms with van der Waals surface area (Å²) >= 11 is 0. The Kier molecular flexibility index (Phi) is 21.6. The largest absolute Gasteiger partial charge is 0.394 e. The zero-order chi connectivity index (χ0) is 24.9. The van der Waals surface area contributed by atoms with Crippen molar-refractivity contribution in [3.05, 3.63) is 0 Å². The minimum Gasteiger partial charge on any atom is -0.394 e. The van der Waals surface area contributed by atoms with Gasteiger partial charge in [-0.3, -0.25) is 0 Å². The van der Waals surface area contributed by atoms with Crippen LogP contribution in [0.4, 0.5) is 0 Å². The van der Waals surface area contributed by atoms with E-state index in [1.54, 1.807) is 0 Å². The van der Waals surface area contributed by atoms with Gasteiger partial charge in [0.05, 0.1) is 12.7 Å². The Morgan fingerprint density at radius 3 is 1.91 bits per heavy atom. The highest BCUT2D eigenvalue weighted by Gasteiger charge is 2.29. The van der Waals surface area contributed by atoms with Gasteiger partial charge in [0.1, 0.15) is 24.4 Å². The first-order valence-corrected chi connectivity index (χ1v) is 13.3. The van der Waals surface area contributed by atoms with Crippen LogP contribution < -0.4 is 0 Å². The number of carbonyl (C=O) groups excluding carboxylic acids is 1. The zero-order valence-corrected chi connectivity index (χ0v) is 21.1. The third-order valence-corrected chi connectivity index (χ3v) is 6.52. The average Bonchev–Trinajstić information content (AvgIpc) is 2.85. The van der Waals surface area contributed by atoms with Crippen LogP contribution in [0.2, 0.25) is 0 Å². The van der Waals surface area contributed by atoms with Gasteiger partial charge in [0.15, 0.2) is 6.29 Å². The molecule has 0 bridgehead atoms. The summed E-state index contributed by atoms with van der Waals surface area (Å²) in [6.45, 7) is 4.85. The van der Waals surface area contributed by atoms with Crippen molar-refractivity contribution < 1.29 is 35.1 Å². The molecule has 33 heavy (non-hydrogen) atoms. The molecule has 1 fully saturated rings. The van der Waals surface area contributed by atoms with Crippen molar-refractivity contribution in [3.63, 3.8) is 0 Å². The monoisotopic (exact) mass is 476 g/mol. The molecule has 1 aliphatic rings. The van der Waals surface area contributed by atoms with Crippen LogP contribution in [-0.2, 0) is 9.53 Å². The lowest BCUT2D eigenvalue weighted by Gasteiger charge is -2.32. The smallest absolute Gasteiger partial charge is 0.151 e. The van der Waals surface area contributed by atoms with Gasteiger partial charge in [-0.15, -0.1) is 0 Å². The molecule has 1 heterocycles. The van der Waals surface area contributed by atoms with Crippen molar-refractivity contribution in [2.24, 2.45) is 5.92 Å². The molecule has 1 rings (SSSR count). The van der Waals surface area contributed by atoms with Crippen molar-refractivity contribution in [2.75, 3.05) is 13.2 Å². The number of carbonyl (C=O) groups is 1. The fourth-order valence-electron chi connectivity index (χ4n) is 4.31. The number of aliphatic hydroxyl groups excluding tert-OH is 5. The molecule has 198 valence electrons. The number of aliphatic hydroxyl groups is 5. The fraction of sp³-hybridized carbons (Fsp3) is 0.962. The van der Waals surface area contributed by atoms with E-state index in [0.29, 0.717) is 6.10 Å². The van der Waals surface area contributed by atoms with E-state index in [-0.39, 0.29) is 6.29 Å². The van der Waals surface area contributed by atoms with Crippen LogP contribution in [0.1, 0.15) is 110 Å². The maximum atomic E-state index is 9.90. The molecule has 7 nitrogen and oxygen atoms in total. The maximum absolute atomic E-state index is 9.90. The Balaban J connectivity index is 0.000000728. The summed E-state index contributed by atoms with van der Waals surface area (Å²) in [6, 6.07) is 0. The molecule has 0 spiro atoms. The molecule has 0 radical (unpaired) electrons. The van der Waals surface area contributed by atoms with E-state index in [9.17, 15) is 4.79 Å². The van der Waals surface area contributed by atoms with E-state index in [1.807, 2.05) is 0 Å². The van der Waals surface area contributed by atoms with Gasteiger partial charge in [-0.05, 0) is 31.6 Å². The summed E-state index contributed by atoms with van der Waals surface area (Å²) in [4.78, 5) is 9.90. The molecule has 0 amide bonds. The molecule has 6 atom stereocenters. The summed E-state index contributed by atoms with van der Waals surface area (Å²) < 4.78 is 6.10. The highest BCUT2D eigenvalue weighted by molar-refractivity contribution is 5.56. The van der Waals surface area contributed by atoms with Gasteiger partial charge in [-0.2, -0.15) is 0 Å². The number of unbranched alkanes of at least 4 members (excludes halogenated alkanes) is 9. The molecule has 7 heteroatoms. The average molecular weight is 477 g/mol. The number of ether oxygens (including phenoxy) is 1. The highest BCUT2D eigenvalue weighted by atomic mass is 16.5. The van der Waals surface area contributed by atoms with Gasteiger partial charge in [-0.25, -0.2) is 0 Å². The second kappa shape index (κ2) is 21.9. The fourth-order valence-corrected chi connectivity index (χ4v) is 4.31. The molecule has 1 aliphatic heterocycles. The number of rotatable bonds is 18. The number of hydrogen-bond donors (Lipinski definition) is 5. The third kappa shape index (κ3) is 15.9. The molecule has 0 saturated carbocycles. The second-order valence-electron chi connectivity index (χ2n) is 9.43. The van der Waals surface area contributed by atoms with E-state index < -0.39 is 31.0 Å². The summed E-state index contributed by atoms with van der Waals surface area (Å²) in [5, 5.41) is 43.5. The Morgan fingerprint density at radius 2 is 1.36 bits per heavy atom. The van der Waals surface area contributed by atoms with Crippen molar-refractivity contribution >= 4 is 6.29 Å². The van der Waals surface area contributed by atoms with Crippen LogP contribution in [0.15, 0.2) is 0 Å². The van der Waals surface area contributed by atoms with Gasteiger partial charge < -0.3 is 35.1 Å². The highest BCUT2D eigenvalue weighted by Crippen LogP contribution is 2.29. The summed E-state index contributed by atoms with van der Waals surface area (Å²) in [7, 11) is 0. The Bertz CT molecular complexity index is 435. The first-order valence-electron chi connectivity index (χ1n) is 13.3. The van der Waals surface area contributed by atoms with Crippen LogP contribution in [-0.4, -0.2) is 75.6 Å². The Labute approximate surface area is 201 Å². The Hall–Kier alpha value is -0.570. The quantitative estimate of drug-likeness (QED) is 0.151. The van der Waals surface area contributed by atoms with E-state index >= 15 is 0 Å². The topological polar surface area (TPSA) is 127 Å². The maximum Gasteiger partial charge on any atom is 0.151 e. The van der Waals surface area contributed by atoms with Crippen molar-refractivity contribution in [2.45, 2.75) is 141 Å². The number of aldehydes is 1. The van der Waals surface area contributed by atoms with Gasteiger partial charge in [0.2, 0.25) is 0 Å². The lowest BCUT2D eigenvalue weighted by Crippen LogP contribution is -2.46. The summed E-state index contributed by atoms with van der Waals surface area (Å²) in [6.07, 6.45) is 14.7. The zero-order valence-electron chi connectivity index (χ0n) is 21.1. The molecule has 5 N–H and O–H groups in total. The van der Waals surface area contributed by atoms with Crippen LogP contribution in [0.5, 0.6) is 0 Å². The van der Waals surface area contributed by atoms with Crippen molar-refractivity contribution in [1.82, 2.24) is 0 Å². The molecular weight excluding hydrogens is 424 g/mol. The molecular formula is C26H52O7. The van der Waals surface area contributed by atoms with Crippen LogP contribution >= 0.6 is 0 Å². The minimum atomic E-state index is -1.79. The normalized spacial score (nSPS) is 22.0. The lowest BCUT2D eigenvalue weighted by molar-refractivity contribution is -0.136. The van der Waals surface area contributed by atoms with Crippen LogP contribution in [0.3, 0.4) is 0 Å². The van der Waals surface area contributed by atoms with Crippen LogP contribution in [0.25, 0.3) is 0 Å². The summed E-state index contributed by atoms with van der Waals surface area (Å²) in [5.41, 5.74) is 0. The Morgan fingerprint density at radius 1 is 0.818 bits per heavy atom. The first-order chi connectivity index (χ1) is 15.9. The molecule has 0 aromatic rings. The van der Waals surface area contributed by atoms with Gasteiger partial charge in [0.25, 0.3) is 0 Å². The van der Waals surface area contributed by atoms with E-state index in [0.717, 1.165) is 12.5 Å². The number of hydrogen-bond acceptors (Lipinski definition) is 7. The summed E-state index contributed by atoms with van der Waals surface area (Å²) in [5.74, 6) is 0.871. The van der Waals surface area contributed by atoms with Crippen molar-refractivity contribution in [3.8, 4) is 0 Å². The van der Waals surface area contributed by atoms with Gasteiger partial charge in [-0.1, -0.05) is 84.5 Å². The van der Waals surface area contributed by atoms with E-state index in [1.165, 1.54) is 96.3 Å². The SMILES string of the molecule is CCCCCCCC[C@H]1OCCC[C@@H]1CCCCCCC.O=C[C@H](O)[C@@H](O)[C@H](O)[C@H](O)CO.